The van der Waals surface area contributed by atoms with Crippen LogP contribution in [0.5, 0.6) is 5.75 Å². The maximum Gasteiger partial charge on any atom is 0.268 e. The van der Waals surface area contributed by atoms with Crippen molar-refractivity contribution in [2.75, 3.05) is 26.9 Å². The number of fused-ring (bicyclic) bond motifs is 1. The second kappa shape index (κ2) is 9.58. The van der Waals surface area contributed by atoms with E-state index in [1.165, 1.54) is 6.92 Å². The number of Topliss-reactive ketones (excluding diaryl/α,β-unsaturated/α-hetero) is 1. The standard InChI is InChI=1S/C23H22N2O4/c1-16(26)18-7-5-17(6-8-18)4-3-11-24-23(27)22-15-19-14-20(29-13-12-28-2)9-10-21(19)25-22/h5-10,14-15,25H,11-13H2,1-2H3,(H,24,27). The lowest BCUT2D eigenvalue weighted by Crippen LogP contribution is -2.23. The van der Waals surface area contributed by atoms with E-state index in [0.29, 0.717) is 24.5 Å². The lowest BCUT2D eigenvalue weighted by atomic mass is 10.1. The predicted octanol–water partition coefficient (Wildman–Crippen LogP) is 3.18. The molecule has 0 spiro atoms. The topological polar surface area (TPSA) is 80.4 Å². The molecular weight excluding hydrogens is 368 g/mol. The molecule has 3 rings (SSSR count). The number of hydrogen-bond donors (Lipinski definition) is 2. The van der Waals surface area contributed by atoms with Gasteiger partial charge >= 0.3 is 0 Å². The molecule has 2 N–H and O–H groups in total. The summed E-state index contributed by atoms with van der Waals surface area (Å²) in [4.78, 5) is 26.7. The second-order valence-corrected chi connectivity index (χ2v) is 6.39. The van der Waals surface area contributed by atoms with Gasteiger partial charge in [-0.1, -0.05) is 24.0 Å². The number of carbonyl (C=O) groups is 2. The molecule has 0 atom stereocenters. The first-order valence-corrected chi connectivity index (χ1v) is 9.19. The van der Waals surface area contributed by atoms with E-state index >= 15 is 0 Å². The van der Waals surface area contributed by atoms with Crippen molar-refractivity contribution in [3.05, 3.63) is 65.4 Å². The molecule has 3 aromatic rings. The lowest BCUT2D eigenvalue weighted by Gasteiger charge is -2.04. The molecule has 0 aliphatic carbocycles. The summed E-state index contributed by atoms with van der Waals surface area (Å²) in [6, 6.07) is 14.4. The number of aromatic nitrogens is 1. The summed E-state index contributed by atoms with van der Waals surface area (Å²) in [6.07, 6.45) is 0. The smallest absolute Gasteiger partial charge is 0.268 e. The molecular formula is C23H22N2O4. The highest BCUT2D eigenvalue weighted by Crippen LogP contribution is 2.21. The molecule has 0 fully saturated rings. The summed E-state index contributed by atoms with van der Waals surface area (Å²) in [5.41, 5.74) is 2.75. The molecule has 1 amide bonds. The summed E-state index contributed by atoms with van der Waals surface area (Å²) >= 11 is 0. The largest absolute Gasteiger partial charge is 0.491 e. The molecule has 148 valence electrons. The van der Waals surface area contributed by atoms with E-state index in [0.717, 1.165) is 22.2 Å². The number of methoxy groups -OCH3 is 1. The SMILES string of the molecule is COCCOc1ccc2[nH]c(C(=O)NCC#Cc3ccc(C(C)=O)cc3)cc2c1. The van der Waals surface area contributed by atoms with Crippen LogP contribution in [0, 0.1) is 11.8 Å². The fraction of sp³-hybridized carbons (Fsp3) is 0.217. The number of carbonyl (C=O) groups excluding carboxylic acids is 2. The van der Waals surface area contributed by atoms with Crippen molar-refractivity contribution >= 4 is 22.6 Å². The summed E-state index contributed by atoms with van der Waals surface area (Å²) in [7, 11) is 1.62. The zero-order chi connectivity index (χ0) is 20.6. The van der Waals surface area contributed by atoms with Crippen LogP contribution in [-0.4, -0.2) is 43.5 Å². The van der Waals surface area contributed by atoms with Crippen molar-refractivity contribution < 1.29 is 19.1 Å². The highest BCUT2D eigenvalue weighted by atomic mass is 16.5. The third kappa shape index (κ3) is 5.47. The van der Waals surface area contributed by atoms with E-state index in [-0.39, 0.29) is 18.2 Å². The molecule has 0 bridgehead atoms. The first-order chi connectivity index (χ1) is 14.1. The summed E-state index contributed by atoms with van der Waals surface area (Å²) < 4.78 is 10.6. The van der Waals surface area contributed by atoms with Crippen LogP contribution in [0.15, 0.2) is 48.5 Å². The number of benzene rings is 2. The van der Waals surface area contributed by atoms with E-state index in [4.69, 9.17) is 9.47 Å². The molecule has 6 heteroatoms. The minimum Gasteiger partial charge on any atom is -0.491 e. The number of aromatic amines is 1. The minimum absolute atomic E-state index is 0.0174. The van der Waals surface area contributed by atoms with E-state index in [1.807, 2.05) is 18.2 Å². The van der Waals surface area contributed by atoms with Gasteiger partial charge in [0.05, 0.1) is 13.2 Å². The van der Waals surface area contributed by atoms with Gasteiger partial charge < -0.3 is 19.8 Å². The fourth-order valence-corrected chi connectivity index (χ4v) is 2.72. The Hall–Kier alpha value is -3.56. The summed E-state index contributed by atoms with van der Waals surface area (Å²) in [6.45, 7) is 2.72. The van der Waals surface area contributed by atoms with E-state index < -0.39 is 0 Å². The Labute approximate surface area is 169 Å². The Morgan fingerprint density at radius 1 is 1.07 bits per heavy atom. The van der Waals surface area contributed by atoms with Gasteiger partial charge in [0.2, 0.25) is 0 Å². The van der Waals surface area contributed by atoms with Gasteiger partial charge in [-0.05, 0) is 43.3 Å². The van der Waals surface area contributed by atoms with E-state index in [2.05, 4.69) is 22.1 Å². The highest BCUT2D eigenvalue weighted by molar-refractivity contribution is 5.98. The van der Waals surface area contributed by atoms with Gasteiger partial charge in [-0.15, -0.1) is 0 Å². The van der Waals surface area contributed by atoms with Gasteiger partial charge in [0.1, 0.15) is 18.1 Å². The minimum atomic E-state index is -0.232. The molecule has 6 nitrogen and oxygen atoms in total. The van der Waals surface area contributed by atoms with Crippen LogP contribution in [0.25, 0.3) is 10.9 Å². The molecule has 0 aliphatic heterocycles. The predicted molar refractivity (Wildman–Crippen MR) is 111 cm³/mol. The van der Waals surface area contributed by atoms with Crippen molar-refractivity contribution in [3.8, 4) is 17.6 Å². The lowest BCUT2D eigenvalue weighted by molar-refractivity contribution is 0.0953. The molecule has 0 aliphatic rings. The van der Waals surface area contributed by atoms with Crippen LogP contribution >= 0.6 is 0 Å². The van der Waals surface area contributed by atoms with Gasteiger partial charge in [0, 0.05) is 29.1 Å². The molecule has 1 aromatic heterocycles. The Kier molecular flexibility index (Phi) is 6.67. The molecule has 0 radical (unpaired) electrons. The van der Waals surface area contributed by atoms with Crippen molar-refractivity contribution in [2.24, 2.45) is 0 Å². The van der Waals surface area contributed by atoms with Crippen molar-refractivity contribution in [2.45, 2.75) is 6.92 Å². The Morgan fingerprint density at radius 2 is 1.86 bits per heavy atom. The number of ether oxygens (including phenoxy) is 2. The Bertz CT molecular complexity index is 1070. The first-order valence-electron chi connectivity index (χ1n) is 9.19. The Morgan fingerprint density at radius 3 is 2.59 bits per heavy atom. The van der Waals surface area contributed by atoms with Gasteiger partial charge in [-0.25, -0.2) is 0 Å². The van der Waals surface area contributed by atoms with Gasteiger partial charge in [0.15, 0.2) is 5.78 Å². The zero-order valence-corrected chi connectivity index (χ0v) is 16.4. The van der Waals surface area contributed by atoms with Gasteiger partial charge in [-0.3, -0.25) is 9.59 Å². The molecule has 2 aromatic carbocycles. The monoisotopic (exact) mass is 390 g/mol. The maximum atomic E-state index is 12.3. The second-order valence-electron chi connectivity index (χ2n) is 6.39. The zero-order valence-electron chi connectivity index (χ0n) is 16.4. The van der Waals surface area contributed by atoms with Crippen LogP contribution < -0.4 is 10.1 Å². The molecule has 29 heavy (non-hydrogen) atoms. The van der Waals surface area contributed by atoms with Crippen LogP contribution in [0.4, 0.5) is 0 Å². The number of hydrogen-bond acceptors (Lipinski definition) is 4. The van der Waals surface area contributed by atoms with Gasteiger partial charge in [0.25, 0.3) is 5.91 Å². The summed E-state index contributed by atoms with van der Waals surface area (Å²) in [5, 5.41) is 3.66. The van der Waals surface area contributed by atoms with Crippen LogP contribution in [0.2, 0.25) is 0 Å². The maximum absolute atomic E-state index is 12.3. The normalized spacial score (nSPS) is 10.3. The van der Waals surface area contributed by atoms with Crippen molar-refractivity contribution in [1.29, 1.82) is 0 Å². The number of ketones is 1. The molecule has 1 heterocycles. The number of H-pyrrole nitrogens is 1. The molecule has 0 saturated carbocycles. The molecule has 0 saturated heterocycles. The van der Waals surface area contributed by atoms with Crippen molar-refractivity contribution in [3.63, 3.8) is 0 Å². The number of rotatable bonds is 7. The Balaban J connectivity index is 1.58. The van der Waals surface area contributed by atoms with E-state index in [9.17, 15) is 9.59 Å². The average molecular weight is 390 g/mol. The highest BCUT2D eigenvalue weighted by Gasteiger charge is 2.09. The average Bonchev–Trinajstić information content (AvgIpc) is 3.15. The number of amides is 1. The molecule has 0 unspecified atom stereocenters. The summed E-state index contributed by atoms with van der Waals surface area (Å²) in [5.74, 6) is 6.38. The first kappa shape index (κ1) is 20.2. The van der Waals surface area contributed by atoms with Crippen molar-refractivity contribution in [1.82, 2.24) is 10.3 Å². The van der Waals surface area contributed by atoms with Crippen LogP contribution in [0.1, 0.15) is 33.3 Å². The quantitative estimate of drug-likeness (QED) is 0.369. The van der Waals surface area contributed by atoms with E-state index in [1.54, 1.807) is 37.4 Å². The third-order valence-corrected chi connectivity index (χ3v) is 4.25. The fourth-order valence-electron chi connectivity index (χ4n) is 2.72. The van der Waals surface area contributed by atoms with Crippen LogP contribution in [0.3, 0.4) is 0 Å². The van der Waals surface area contributed by atoms with Crippen LogP contribution in [-0.2, 0) is 4.74 Å². The third-order valence-electron chi connectivity index (χ3n) is 4.25. The van der Waals surface area contributed by atoms with Gasteiger partial charge in [-0.2, -0.15) is 0 Å². The number of nitrogens with one attached hydrogen (secondary N) is 2.